The molecule has 0 bridgehead atoms. The van der Waals surface area contributed by atoms with E-state index in [9.17, 15) is 0 Å². The number of hydrogen-bond donors (Lipinski definition) is 1. The second-order valence-electron chi connectivity index (χ2n) is 3.70. The Morgan fingerprint density at radius 3 is 2.67 bits per heavy atom. The van der Waals surface area contributed by atoms with E-state index in [0.29, 0.717) is 28.2 Å². The Balaban J connectivity index is 2.16. The van der Waals surface area contributed by atoms with E-state index in [4.69, 9.17) is 33.7 Å². The number of aromatic nitrogens is 1. The molecule has 1 aromatic carbocycles. The third-order valence-electron chi connectivity index (χ3n) is 2.36. The number of benzene rings is 1. The van der Waals surface area contributed by atoms with Crippen molar-refractivity contribution in [3.63, 3.8) is 0 Å². The van der Waals surface area contributed by atoms with Crippen molar-refractivity contribution in [1.82, 2.24) is 4.98 Å². The van der Waals surface area contributed by atoms with Crippen LogP contribution in [0.25, 0.3) is 0 Å². The van der Waals surface area contributed by atoms with Gasteiger partial charge in [0, 0.05) is 12.3 Å². The number of nitrogens with zero attached hydrogens (tertiary/aromatic N) is 1. The second-order valence-corrected chi connectivity index (χ2v) is 4.48. The highest BCUT2D eigenvalue weighted by Gasteiger charge is 2.07. The minimum atomic E-state index is 0.381. The number of ether oxygens (including phenoxy) is 1. The van der Waals surface area contributed by atoms with Gasteiger partial charge < -0.3 is 10.5 Å². The summed E-state index contributed by atoms with van der Waals surface area (Å²) >= 11 is 11.9. The molecule has 1 heterocycles. The molecular weight excluding hydrogens is 271 g/mol. The monoisotopic (exact) mass is 282 g/mol. The molecule has 0 aliphatic carbocycles. The van der Waals surface area contributed by atoms with Crippen molar-refractivity contribution in [3.8, 4) is 11.6 Å². The maximum atomic E-state index is 6.02. The quantitative estimate of drug-likeness (QED) is 0.931. The zero-order chi connectivity index (χ0) is 13.0. The van der Waals surface area contributed by atoms with E-state index in [1.54, 1.807) is 30.5 Å². The Bertz CT molecular complexity index is 529. The molecule has 0 saturated carbocycles. The summed E-state index contributed by atoms with van der Waals surface area (Å²) in [6, 6.07) is 8.92. The standard InChI is InChI=1S/C13H12Cl2N2O/c14-10-2-1-3-11(13(10)15)18-12-5-4-9(6-7-16)8-17-12/h1-5,8H,6-7,16H2. The van der Waals surface area contributed by atoms with Gasteiger partial charge in [-0.25, -0.2) is 4.98 Å². The molecule has 0 saturated heterocycles. The van der Waals surface area contributed by atoms with Crippen LogP contribution in [0.4, 0.5) is 0 Å². The highest BCUT2D eigenvalue weighted by atomic mass is 35.5. The highest BCUT2D eigenvalue weighted by molar-refractivity contribution is 6.42. The first-order valence-electron chi connectivity index (χ1n) is 5.47. The third-order valence-corrected chi connectivity index (χ3v) is 3.16. The fourth-order valence-electron chi connectivity index (χ4n) is 1.46. The number of nitrogens with two attached hydrogens (primary N) is 1. The molecule has 0 aliphatic rings. The summed E-state index contributed by atoms with van der Waals surface area (Å²) in [5.74, 6) is 0.961. The molecule has 2 aromatic rings. The van der Waals surface area contributed by atoms with Gasteiger partial charge in [-0.2, -0.15) is 0 Å². The first kappa shape index (κ1) is 13.1. The summed E-state index contributed by atoms with van der Waals surface area (Å²) in [6.07, 6.45) is 2.53. The number of hydrogen-bond acceptors (Lipinski definition) is 3. The van der Waals surface area contributed by atoms with Crippen LogP contribution in [0.5, 0.6) is 11.6 Å². The number of pyridine rings is 1. The van der Waals surface area contributed by atoms with Crippen LogP contribution in [0.2, 0.25) is 10.0 Å². The van der Waals surface area contributed by atoms with E-state index in [0.717, 1.165) is 12.0 Å². The lowest BCUT2D eigenvalue weighted by molar-refractivity contribution is 0.463. The van der Waals surface area contributed by atoms with Gasteiger partial charge in [0.25, 0.3) is 0 Å². The fraction of sp³-hybridized carbons (Fsp3) is 0.154. The summed E-state index contributed by atoms with van der Waals surface area (Å²) < 4.78 is 5.56. The van der Waals surface area contributed by atoms with E-state index in [-0.39, 0.29) is 0 Å². The van der Waals surface area contributed by atoms with E-state index in [1.807, 2.05) is 6.07 Å². The molecule has 0 amide bonds. The zero-order valence-electron chi connectivity index (χ0n) is 9.57. The van der Waals surface area contributed by atoms with Crippen molar-refractivity contribution in [1.29, 1.82) is 0 Å². The zero-order valence-corrected chi connectivity index (χ0v) is 11.1. The van der Waals surface area contributed by atoms with E-state index in [1.165, 1.54) is 0 Å². The average molecular weight is 283 g/mol. The van der Waals surface area contributed by atoms with Crippen LogP contribution in [0.15, 0.2) is 36.5 Å². The van der Waals surface area contributed by atoms with Crippen molar-refractivity contribution < 1.29 is 4.74 Å². The molecule has 5 heteroatoms. The van der Waals surface area contributed by atoms with Crippen LogP contribution < -0.4 is 10.5 Å². The Kier molecular flexibility index (Phi) is 4.42. The molecule has 0 spiro atoms. The van der Waals surface area contributed by atoms with Gasteiger partial charge in [0.2, 0.25) is 5.88 Å². The molecular formula is C13H12Cl2N2O. The Labute approximate surface area is 115 Å². The van der Waals surface area contributed by atoms with Gasteiger partial charge >= 0.3 is 0 Å². The van der Waals surface area contributed by atoms with Crippen LogP contribution in [0, 0.1) is 0 Å². The first-order chi connectivity index (χ1) is 8.70. The van der Waals surface area contributed by atoms with Crippen molar-refractivity contribution in [3.05, 3.63) is 52.1 Å². The highest BCUT2D eigenvalue weighted by Crippen LogP contribution is 2.33. The topological polar surface area (TPSA) is 48.1 Å². The maximum absolute atomic E-state index is 6.02. The van der Waals surface area contributed by atoms with E-state index >= 15 is 0 Å². The summed E-state index contributed by atoms with van der Waals surface area (Å²) in [5, 5.41) is 0.834. The lowest BCUT2D eigenvalue weighted by Crippen LogP contribution is -2.02. The van der Waals surface area contributed by atoms with E-state index in [2.05, 4.69) is 4.98 Å². The van der Waals surface area contributed by atoms with E-state index < -0.39 is 0 Å². The molecule has 0 radical (unpaired) electrons. The Hall–Kier alpha value is -1.29. The van der Waals surface area contributed by atoms with Gasteiger partial charge in [-0.15, -0.1) is 0 Å². The SMILES string of the molecule is NCCc1ccc(Oc2cccc(Cl)c2Cl)nc1. The first-order valence-corrected chi connectivity index (χ1v) is 6.23. The summed E-state index contributed by atoms with van der Waals surface area (Å²) in [6.45, 7) is 0.599. The lowest BCUT2D eigenvalue weighted by Gasteiger charge is -2.07. The van der Waals surface area contributed by atoms with Gasteiger partial charge in [0.15, 0.2) is 0 Å². The third kappa shape index (κ3) is 3.13. The second kappa shape index (κ2) is 6.05. The number of rotatable bonds is 4. The minimum Gasteiger partial charge on any atom is -0.437 e. The fourth-order valence-corrected chi connectivity index (χ4v) is 1.79. The molecule has 3 nitrogen and oxygen atoms in total. The average Bonchev–Trinajstić information content (AvgIpc) is 2.38. The number of halogens is 2. The van der Waals surface area contributed by atoms with Crippen LogP contribution in [0.3, 0.4) is 0 Å². The largest absolute Gasteiger partial charge is 0.437 e. The molecule has 0 aliphatic heterocycles. The summed E-state index contributed by atoms with van der Waals surface area (Å²) in [4.78, 5) is 4.18. The van der Waals surface area contributed by atoms with Crippen molar-refractivity contribution >= 4 is 23.2 Å². The molecule has 2 rings (SSSR count). The molecule has 2 N–H and O–H groups in total. The van der Waals surface area contributed by atoms with Crippen molar-refractivity contribution in [2.24, 2.45) is 5.73 Å². The lowest BCUT2D eigenvalue weighted by atomic mass is 10.2. The molecule has 0 fully saturated rings. The van der Waals surface area contributed by atoms with Gasteiger partial charge in [0.05, 0.1) is 5.02 Å². The van der Waals surface area contributed by atoms with Gasteiger partial charge in [-0.1, -0.05) is 35.3 Å². The normalized spacial score (nSPS) is 10.4. The van der Waals surface area contributed by atoms with Gasteiger partial charge in [-0.3, -0.25) is 0 Å². The Morgan fingerprint density at radius 1 is 1.17 bits per heavy atom. The summed E-state index contributed by atoms with van der Waals surface area (Å²) in [5.41, 5.74) is 6.54. The van der Waals surface area contributed by atoms with Crippen LogP contribution in [-0.4, -0.2) is 11.5 Å². The minimum absolute atomic E-state index is 0.381. The van der Waals surface area contributed by atoms with Crippen LogP contribution >= 0.6 is 23.2 Å². The molecule has 0 unspecified atom stereocenters. The molecule has 94 valence electrons. The van der Waals surface area contributed by atoms with Gasteiger partial charge in [-0.05, 0) is 30.7 Å². The van der Waals surface area contributed by atoms with Gasteiger partial charge in [0.1, 0.15) is 10.8 Å². The van der Waals surface area contributed by atoms with Crippen LogP contribution in [0.1, 0.15) is 5.56 Å². The molecule has 0 atom stereocenters. The van der Waals surface area contributed by atoms with Crippen molar-refractivity contribution in [2.75, 3.05) is 6.54 Å². The van der Waals surface area contributed by atoms with Crippen LogP contribution in [-0.2, 0) is 6.42 Å². The Morgan fingerprint density at radius 2 is 2.00 bits per heavy atom. The van der Waals surface area contributed by atoms with Crippen molar-refractivity contribution in [2.45, 2.75) is 6.42 Å². The predicted octanol–water partition coefficient (Wildman–Crippen LogP) is 3.68. The maximum Gasteiger partial charge on any atom is 0.219 e. The smallest absolute Gasteiger partial charge is 0.219 e. The molecule has 1 aromatic heterocycles. The predicted molar refractivity (Wildman–Crippen MR) is 73.5 cm³/mol. The summed E-state index contributed by atoms with van der Waals surface area (Å²) in [7, 11) is 0. The molecule has 18 heavy (non-hydrogen) atoms.